The summed E-state index contributed by atoms with van der Waals surface area (Å²) in [6.45, 7) is 0. The fourth-order valence-corrected chi connectivity index (χ4v) is 10.5. The lowest BCUT2D eigenvalue weighted by atomic mass is 9.96. The predicted octanol–water partition coefficient (Wildman–Crippen LogP) is 10.3. The minimum Gasteiger partial charge on any atom is -0.305 e. The maximum atomic E-state index is 15.3. The van der Waals surface area contributed by atoms with Crippen molar-refractivity contribution in [2.24, 2.45) is 0 Å². The Labute approximate surface area is 304 Å². The molecule has 0 amide bonds. The van der Waals surface area contributed by atoms with Crippen LogP contribution in [0.2, 0.25) is 0 Å². The molecule has 11 rings (SSSR count). The van der Waals surface area contributed by atoms with Crippen LogP contribution in [-0.4, -0.2) is 19.4 Å². The second-order valence-corrected chi connectivity index (χ2v) is 16.3. The van der Waals surface area contributed by atoms with Crippen LogP contribution in [0.1, 0.15) is 0 Å². The third kappa shape index (κ3) is 4.51. The zero-order chi connectivity index (χ0) is 35.1. The van der Waals surface area contributed by atoms with Gasteiger partial charge in [0.05, 0.1) is 22.1 Å². The lowest BCUT2D eigenvalue weighted by Crippen LogP contribution is -2.29. The molecule has 0 fully saturated rings. The standard InChI is InChI=1S/C47H29N4OP/c52-53(36-12-2-1-3-13-36,47-48-29-35-11-5-7-15-41(35)50-47)37-23-20-32-26-31(18-19-33(32)27-37)34-22-24-39-40-25-21-30-10-4-6-14-38(30)45(40)46-49-42-16-8-9-17-43(42)51(46)44(39)28-34/h1-29H. The minimum absolute atomic E-state index is 0.341. The van der Waals surface area contributed by atoms with Crippen LogP contribution < -0.4 is 16.2 Å². The molecule has 0 saturated heterocycles. The Hall–Kier alpha value is -6.68. The highest BCUT2D eigenvalue weighted by molar-refractivity contribution is 7.85. The zero-order valence-corrected chi connectivity index (χ0v) is 29.3. The minimum atomic E-state index is -3.39. The van der Waals surface area contributed by atoms with E-state index < -0.39 is 7.14 Å². The van der Waals surface area contributed by atoms with E-state index in [1.807, 2.05) is 66.7 Å². The number of fused-ring (bicyclic) bond motifs is 12. The summed E-state index contributed by atoms with van der Waals surface area (Å²) in [4.78, 5) is 14.7. The van der Waals surface area contributed by atoms with Crippen LogP contribution in [0.3, 0.4) is 0 Å². The molecule has 6 heteroatoms. The molecule has 8 aromatic carbocycles. The molecule has 0 bridgehead atoms. The summed E-state index contributed by atoms with van der Waals surface area (Å²) in [5.41, 5.74) is 7.47. The van der Waals surface area contributed by atoms with E-state index in [4.69, 9.17) is 9.97 Å². The van der Waals surface area contributed by atoms with E-state index >= 15 is 4.57 Å². The lowest BCUT2D eigenvalue weighted by molar-refractivity contribution is 0.591. The van der Waals surface area contributed by atoms with Gasteiger partial charge < -0.3 is 4.57 Å². The number of hydrogen-bond acceptors (Lipinski definition) is 4. The molecule has 53 heavy (non-hydrogen) atoms. The highest BCUT2D eigenvalue weighted by Gasteiger charge is 2.33. The van der Waals surface area contributed by atoms with Gasteiger partial charge in [0.25, 0.3) is 0 Å². The van der Waals surface area contributed by atoms with Crippen LogP contribution in [0, 0.1) is 0 Å². The first-order valence-corrected chi connectivity index (χ1v) is 19.4. The fraction of sp³-hybridized carbons (Fsp3) is 0. The fourth-order valence-electron chi connectivity index (χ4n) is 8.04. The van der Waals surface area contributed by atoms with Gasteiger partial charge in [0.15, 0.2) is 5.57 Å². The maximum absolute atomic E-state index is 15.3. The van der Waals surface area contributed by atoms with Gasteiger partial charge in [-0.25, -0.2) is 15.0 Å². The van der Waals surface area contributed by atoms with Crippen molar-refractivity contribution in [3.05, 3.63) is 176 Å². The average molecular weight is 697 g/mol. The van der Waals surface area contributed by atoms with E-state index in [2.05, 4.69) is 113 Å². The topological polar surface area (TPSA) is 60.2 Å². The van der Waals surface area contributed by atoms with E-state index in [-0.39, 0.29) is 0 Å². The molecule has 0 spiro atoms. The van der Waals surface area contributed by atoms with Gasteiger partial charge in [-0.15, -0.1) is 0 Å². The SMILES string of the molecule is O=P(c1ccccc1)(c1ccc2cc(-c3ccc4c5ccc6ccccc6c5c5nc6ccccc6n5c4c3)ccc2c1)c1ncc2ccccc2n1. The van der Waals surface area contributed by atoms with Gasteiger partial charge in [0.1, 0.15) is 5.65 Å². The molecule has 0 radical (unpaired) electrons. The van der Waals surface area contributed by atoms with Crippen molar-refractivity contribution in [2.75, 3.05) is 0 Å². The van der Waals surface area contributed by atoms with Gasteiger partial charge in [-0.2, -0.15) is 0 Å². The van der Waals surface area contributed by atoms with E-state index in [0.717, 1.165) is 55.0 Å². The summed E-state index contributed by atoms with van der Waals surface area (Å²) in [6, 6.07) is 58.2. The molecule has 1 unspecified atom stereocenters. The Morgan fingerprint density at radius 2 is 1.13 bits per heavy atom. The highest BCUT2D eigenvalue weighted by atomic mass is 31.2. The molecule has 1 atom stereocenters. The van der Waals surface area contributed by atoms with Crippen LogP contribution in [-0.2, 0) is 4.57 Å². The highest BCUT2D eigenvalue weighted by Crippen LogP contribution is 2.43. The van der Waals surface area contributed by atoms with Crippen molar-refractivity contribution in [1.82, 2.24) is 19.4 Å². The number of para-hydroxylation sites is 3. The molecule has 248 valence electrons. The molecular formula is C47H29N4OP. The number of rotatable bonds is 4. The number of nitrogens with zero attached hydrogens (tertiary/aromatic N) is 4. The predicted molar refractivity (Wildman–Crippen MR) is 221 cm³/mol. The molecule has 0 aliphatic rings. The van der Waals surface area contributed by atoms with Crippen molar-refractivity contribution in [3.8, 4) is 11.1 Å². The number of hydrogen-bond donors (Lipinski definition) is 0. The summed E-state index contributed by atoms with van der Waals surface area (Å²) in [5.74, 6) is 0. The van der Waals surface area contributed by atoms with Crippen molar-refractivity contribution in [2.45, 2.75) is 0 Å². The van der Waals surface area contributed by atoms with Gasteiger partial charge in [0.2, 0.25) is 7.14 Å². The van der Waals surface area contributed by atoms with Crippen LogP contribution in [0.25, 0.3) is 81.9 Å². The quantitative estimate of drug-likeness (QED) is 0.136. The van der Waals surface area contributed by atoms with Gasteiger partial charge in [-0.3, -0.25) is 4.40 Å². The van der Waals surface area contributed by atoms with Crippen molar-refractivity contribution >= 4 is 94.1 Å². The van der Waals surface area contributed by atoms with Crippen LogP contribution in [0.15, 0.2) is 176 Å². The molecule has 0 saturated carbocycles. The summed E-state index contributed by atoms with van der Waals surface area (Å²) < 4.78 is 17.7. The first-order valence-electron chi connectivity index (χ1n) is 17.7. The van der Waals surface area contributed by atoms with Crippen molar-refractivity contribution < 1.29 is 4.57 Å². The van der Waals surface area contributed by atoms with Gasteiger partial charge in [-0.05, 0) is 74.5 Å². The smallest absolute Gasteiger partial charge is 0.206 e. The summed E-state index contributed by atoms with van der Waals surface area (Å²) in [5, 5.41) is 10.4. The lowest BCUT2D eigenvalue weighted by Gasteiger charge is -2.19. The number of benzene rings is 8. The second-order valence-electron chi connectivity index (χ2n) is 13.6. The van der Waals surface area contributed by atoms with E-state index in [1.54, 1.807) is 6.20 Å². The van der Waals surface area contributed by atoms with E-state index in [9.17, 15) is 0 Å². The number of imidazole rings is 1. The van der Waals surface area contributed by atoms with Crippen LogP contribution in [0.5, 0.6) is 0 Å². The van der Waals surface area contributed by atoms with E-state index in [1.165, 1.54) is 26.9 Å². The molecule has 0 aliphatic heterocycles. The van der Waals surface area contributed by atoms with Crippen LogP contribution in [0.4, 0.5) is 0 Å². The summed E-state index contributed by atoms with van der Waals surface area (Å²) in [6.07, 6.45) is 1.77. The largest absolute Gasteiger partial charge is 0.305 e. The number of aromatic nitrogens is 4. The first-order chi connectivity index (χ1) is 26.1. The third-order valence-corrected chi connectivity index (χ3v) is 13.5. The van der Waals surface area contributed by atoms with Crippen molar-refractivity contribution in [3.63, 3.8) is 0 Å². The zero-order valence-electron chi connectivity index (χ0n) is 28.4. The monoisotopic (exact) mass is 696 g/mol. The van der Waals surface area contributed by atoms with Gasteiger partial charge in [-0.1, -0.05) is 133 Å². The van der Waals surface area contributed by atoms with Crippen molar-refractivity contribution in [1.29, 1.82) is 0 Å². The Balaban J connectivity index is 1.08. The first kappa shape index (κ1) is 30.0. The molecule has 0 N–H and O–H groups in total. The van der Waals surface area contributed by atoms with E-state index in [0.29, 0.717) is 16.2 Å². The van der Waals surface area contributed by atoms with Crippen LogP contribution >= 0.6 is 7.14 Å². The Bertz CT molecular complexity index is 3340. The Kier molecular flexibility index (Phi) is 6.46. The second kappa shape index (κ2) is 11.4. The Morgan fingerprint density at radius 3 is 2.04 bits per heavy atom. The van der Waals surface area contributed by atoms with Gasteiger partial charge in [0, 0.05) is 33.0 Å². The molecule has 0 aliphatic carbocycles. The molecule has 3 heterocycles. The Morgan fingerprint density at radius 1 is 0.453 bits per heavy atom. The summed E-state index contributed by atoms with van der Waals surface area (Å²) in [7, 11) is -3.39. The normalized spacial score (nSPS) is 13.1. The average Bonchev–Trinajstić information content (AvgIpc) is 3.62. The van der Waals surface area contributed by atoms with Gasteiger partial charge >= 0.3 is 0 Å². The molecule has 11 aromatic rings. The molecular weight excluding hydrogens is 668 g/mol. The molecule has 5 nitrogen and oxygen atoms in total. The molecule has 3 aromatic heterocycles. The number of pyridine rings is 1. The summed E-state index contributed by atoms with van der Waals surface area (Å²) >= 11 is 0. The maximum Gasteiger partial charge on any atom is 0.206 e. The third-order valence-electron chi connectivity index (χ3n) is 10.6.